The van der Waals surface area contributed by atoms with Crippen molar-refractivity contribution in [2.45, 2.75) is 40.0 Å². The zero-order valence-corrected chi connectivity index (χ0v) is 21.9. The van der Waals surface area contributed by atoms with Crippen LogP contribution in [0.4, 0.5) is 5.69 Å². The zero-order chi connectivity index (χ0) is 24.4. The lowest BCUT2D eigenvalue weighted by Crippen LogP contribution is -2.27. The second-order valence-electron chi connectivity index (χ2n) is 7.92. The zero-order valence-electron chi connectivity index (χ0n) is 20.3. The average molecular weight is 482 g/mol. The van der Waals surface area contributed by atoms with Gasteiger partial charge in [-0.1, -0.05) is 82.2 Å². The van der Waals surface area contributed by atoms with E-state index in [1.807, 2.05) is 56.7 Å². The molecule has 0 saturated carbocycles. The molecule has 2 aromatic carbocycles. The number of hydrogen-bond acceptors (Lipinski definition) is 3. The van der Waals surface area contributed by atoms with E-state index in [2.05, 4.69) is 54.5 Å². The Hall–Kier alpha value is -2.70. The van der Waals surface area contributed by atoms with Gasteiger partial charge in [0.15, 0.2) is 0 Å². The number of nitrogens with zero attached hydrogens (tertiary/aromatic N) is 2. The Morgan fingerprint density at radius 1 is 1.15 bits per heavy atom. The van der Waals surface area contributed by atoms with Crippen LogP contribution in [0.2, 0.25) is 0 Å². The molecule has 33 heavy (non-hydrogen) atoms. The van der Waals surface area contributed by atoms with E-state index in [0.29, 0.717) is 0 Å². The normalized spacial score (nSPS) is 14.0. The molecule has 3 rings (SSSR count). The average Bonchev–Trinajstić information content (AvgIpc) is 3.21. The minimum atomic E-state index is -2.51. The molecular formula is C27H35N3OS2. The molecule has 0 aliphatic rings. The summed E-state index contributed by atoms with van der Waals surface area (Å²) in [4.78, 5) is 0. The van der Waals surface area contributed by atoms with Crippen LogP contribution in [0.1, 0.15) is 45.6 Å². The molecule has 1 heterocycles. The number of nitrogens with one attached hydrogen (secondary N) is 1. The molecule has 176 valence electrons. The molecule has 0 fully saturated rings. The second-order valence-corrected chi connectivity index (χ2v) is 11.6. The first-order chi connectivity index (χ1) is 15.7. The molecule has 0 aliphatic carbocycles. The van der Waals surface area contributed by atoms with Gasteiger partial charge in [0.1, 0.15) is 8.68 Å². The molecule has 6 heteroatoms. The van der Waals surface area contributed by atoms with Gasteiger partial charge in [-0.2, -0.15) is 5.10 Å². The lowest BCUT2D eigenvalue weighted by molar-refractivity contribution is 0.688. The first kappa shape index (κ1) is 26.6. The van der Waals surface area contributed by atoms with Gasteiger partial charge < -0.3 is 4.72 Å². The van der Waals surface area contributed by atoms with Gasteiger partial charge in [0, 0.05) is 41.9 Å². The van der Waals surface area contributed by atoms with Crippen molar-refractivity contribution >= 4 is 37.2 Å². The first-order valence-electron chi connectivity index (χ1n) is 11.2. The van der Waals surface area contributed by atoms with Crippen molar-refractivity contribution in [3.63, 3.8) is 0 Å². The monoisotopic (exact) mass is 481 g/mol. The maximum atomic E-state index is 12.0. The highest BCUT2D eigenvalue weighted by Crippen LogP contribution is 2.21. The van der Waals surface area contributed by atoms with Gasteiger partial charge in [0.25, 0.3) is 0 Å². The second kappa shape index (κ2) is 12.5. The summed E-state index contributed by atoms with van der Waals surface area (Å²) < 4.78 is 16.7. The quantitative estimate of drug-likeness (QED) is 0.506. The summed E-state index contributed by atoms with van der Waals surface area (Å²) in [7, 11) is -0.609. The Labute approximate surface area is 203 Å². The van der Waals surface area contributed by atoms with E-state index in [9.17, 15) is 4.21 Å². The minimum absolute atomic E-state index is 0.731. The molecule has 1 unspecified atom stereocenters. The van der Waals surface area contributed by atoms with Crippen molar-refractivity contribution in [3.8, 4) is 11.1 Å². The number of rotatable bonds is 7. The van der Waals surface area contributed by atoms with Gasteiger partial charge in [-0.05, 0) is 46.2 Å². The molecular weight excluding hydrogens is 446 g/mol. The SMILES string of the molecule is C=C/C(c1ccc(-c2cnn(C)c2)cc1)=c1/cc(NS(C)(=O)=S)cc/c1=C/C.CCCCC. The molecule has 0 radical (unpaired) electrons. The fraction of sp³-hybridized carbons (Fsp3) is 0.296. The third-order valence-corrected chi connectivity index (χ3v) is 5.96. The van der Waals surface area contributed by atoms with Crippen molar-refractivity contribution in [2.24, 2.45) is 7.05 Å². The third kappa shape index (κ3) is 7.98. The highest BCUT2D eigenvalue weighted by molar-refractivity contribution is 8.33. The molecule has 0 aliphatic heterocycles. The van der Waals surface area contributed by atoms with E-state index < -0.39 is 8.68 Å². The number of allylic oxidation sites excluding steroid dienone is 1. The maximum Gasteiger partial charge on any atom is 0.108 e. The number of anilines is 1. The van der Waals surface area contributed by atoms with Crippen molar-refractivity contribution in [1.29, 1.82) is 0 Å². The van der Waals surface area contributed by atoms with E-state index in [-0.39, 0.29) is 0 Å². The molecule has 4 nitrogen and oxygen atoms in total. The van der Waals surface area contributed by atoms with E-state index in [1.54, 1.807) is 4.68 Å². The summed E-state index contributed by atoms with van der Waals surface area (Å²) in [6, 6.07) is 14.2. The Morgan fingerprint density at radius 2 is 1.82 bits per heavy atom. The van der Waals surface area contributed by atoms with Crippen molar-refractivity contribution in [2.75, 3.05) is 11.0 Å². The topological polar surface area (TPSA) is 46.9 Å². The highest BCUT2D eigenvalue weighted by atomic mass is 32.8. The highest BCUT2D eigenvalue weighted by Gasteiger charge is 2.05. The van der Waals surface area contributed by atoms with Crippen LogP contribution in [0.25, 0.3) is 22.8 Å². The Balaban J connectivity index is 0.000000696. The van der Waals surface area contributed by atoms with Crippen LogP contribution in [-0.4, -0.2) is 20.2 Å². The van der Waals surface area contributed by atoms with E-state index in [1.165, 1.54) is 25.5 Å². The fourth-order valence-corrected chi connectivity index (χ4v) is 4.31. The number of aryl methyl sites for hydroxylation is 1. The van der Waals surface area contributed by atoms with Crippen LogP contribution in [0.3, 0.4) is 0 Å². The van der Waals surface area contributed by atoms with Gasteiger partial charge in [0.2, 0.25) is 0 Å². The lowest BCUT2D eigenvalue weighted by atomic mass is 9.99. The summed E-state index contributed by atoms with van der Waals surface area (Å²) >= 11 is 5.00. The molecule has 0 spiro atoms. The number of hydrogen-bond donors (Lipinski definition) is 1. The maximum absolute atomic E-state index is 12.0. The number of unbranched alkanes of at least 4 members (excludes halogenated alkanes) is 2. The largest absolute Gasteiger partial charge is 0.305 e. The predicted octanol–water partition coefficient (Wildman–Crippen LogP) is 5.17. The summed E-state index contributed by atoms with van der Waals surface area (Å²) in [6.45, 7) is 10.4. The van der Waals surface area contributed by atoms with Gasteiger partial charge >= 0.3 is 0 Å². The molecule has 1 aromatic heterocycles. The van der Waals surface area contributed by atoms with Gasteiger partial charge in [-0.3, -0.25) is 4.68 Å². The van der Waals surface area contributed by atoms with Crippen molar-refractivity contribution in [1.82, 2.24) is 9.78 Å². The van der Waals surface area contributed by atoms with Crippen molar-refractivity contribution in [3.05, 3.63) is 83.5 Å². The predicted molar refractivity (Wildman–Crippen MR) is 147 cm³/mol. The summed E-state index contributed by atoms with van der Waals surface area (Å²) in [5, 5.41) is 6.31. The van der Waals surface area contributed by atoms with Crippen LogP contribution in [0.15, 0.2) is 67.5 Å². The van der Waals surface area contributed by atoms with Crippen molar-refractivity contribution < 1.29 is 4.21 Å². The standard InChI is InChI=1S/C22H23N3OS2.C5H12/c1-5-16-11-12-20(24-28(4,26)27)13-22(16)21(6-2)18-9-7-17(8-10-18)19-14-23-25(3)15-19;1-3-5-4-2/h5-15,24H,2H2,1,3-4H3;3-5H2,1-2H3/b16-5-,22-21+;. The van der Waals surface area contributed by atoms with Gasteiger partial charge in [-0.25, -0.2) is 4.21 Å². The molecule has 0 bridgehead atoms. The number of benzene rings is 2. The van der Waals surface area contributed by atoms with E-state index >= 15 is 0 Å². The first-order valence-corrected chi connectivity index (χ1v) is 14.1. The number of aromatic nitrogens is 2. The molecule has 3 aromatic rings. The summed E-state index contributed by atoms with van der Waals surface area (Å²) in [5.74, 6) is 0. The fourth-order valence-electron chi connectivity index (χ4n) is 3.47. The minimum Gasteiger partial charge on any atom is -0.305 e. The molecule has 1 atom stereocenters. The van der Waals surface area contributed by atoms with Crippen LogP contribution >= 0.6 is 0 Å². The van der Waals surface area contributed by atoms with Gasteiger partial charge in [-0.15, -0.1) is 0 Å². The lowest BCUT2D eigenvalue weighted by Gasteiger charge is -2.09. The van der Waals surface area contributed by atoms with Crippen LogP contribution in [0.5, 0.6) is 0 Å². The van der Waals surface area contributed by atoms with Crippen LogP contribution in [0, 0.1) is 0 Å². The van der Waals surface area contributed by atoms with E-state index in [0.717, 1.165) is 38.4 Å². The Bertz CT molecular complexity index is 1290. The summed E-state index contributed by atoms with van der Waals surface area (Å²) in [6.07, 6.45) is 13.3. The summed E-state index contributed by atoms with van der Waals surface area (Å²) in [5.41, 5.74) is 4.97. The Kier molecular flexibility index (Phi) is 10.1. The van der Waals surface area contributed by atoms with Crippen LogP contribution in [-0.2, 0) is 26.9 Å². The third-order valence-electron chi connectivity index (χ3n) is 5.10. The molecule has 0 amide bonds. The Morgan fingerprint density at radius 3 is 2.27 bits per heavy atom. The van der Waals surface area contributed by atoms with Gasteiger partial charge in [0.05, 0.1) is 6.20 Å². The van der Waals surface area contributed by atoms with E-state index in [4.69, 9.17) is 11.2 Å². The van der Waals surface area contributed by atoms with Crippen LogP contribution < -0.4 is 15.2 Å². The smallest absolute Gasteiger partial charge is 0.108 e. The molecule has 0 saturated heterocycles. The molecule has 1 N–H and O–H groups in total.